The van der Waals surface area contributed by atoms with E-state index in [0.717, 1.165) is 6.39 Å². The number of aryl methyl sites for hydroxylation is 2. The predicted molar refractivity (Wildman–Crippen MR) is 63.8 cm³/mol. The third kappa shape index (κ3) is 2.63. The second-order valence-electron chi connectivity index (χ2n) is 3.78. The third-order valence-electron chi connectivity index (χ3n) is 2.29. The van der Waals surface area contributed by atoms with Crippen LogP contribution in [0, 0.1) is 6.92 Å². The van der Waals surface area contributed by atoms with Crippen LogP contribution in [0.2, 0.25) is 0 Å². The standard InChI is InChI=1S/C9H11N5O4S/c1-5-7(18-4-11-5)9(15)12-8-6(19(10,16)17)3-14(2)13-8/h3-4H,1-2H3,(H2,10,16,17)(H,12,13,15). The molecule has 0 bridgehead atoms. The third-order valence-corrected chi connectivity index (χ3v) is 3.20. The summed E-state index contributed by atoms with van der Waals surface area (Å²) in [6, 6.07) is 0. The van der Waals surface area contributed by atoms with E-state index in [1.165, 1.54) is 17.9 Å². The Labute approximate surface area is 108 Å². The highest BCUT2D eigenvalue weighted by atomic mass is 32.2. The molecular formula is C9H11N5O4S. The Bertz CT molecular complexity index is 730. The molecule has 2 aromatic rings. The Morgan fingerprint density at radius 3 is 2.74 bits per heavy atom. The molecule has 0 aliphatic carbocycles. The molecule has 2 heterocycles. The molecule has 10 heteroatoms. The number of aromatic nitrogens is 3. The van der Waals surface area contributed by atoms with Crippen LogP contribution in [-0.4, -0.2) is 29.1 Å². The summed E-state index contributed by atoms with van der Waals surface area (Å²) in [5.74, 6) is -0.838. The van der Waals surface area contributed by atoms with Crippen LogP contribution >= 0.6 is 0 Å². The summed E-state index contributed by atoms with van der Waals surface area (Å²) in [7, 11) is -2.48. The van der Waals surface area contributed by atoms with Gasteiger partial charge in [0.2, 0.25) is 15.8 Å². The van der Waals surface area contributed by atoms with E-state index >= 15 is 0 Å². The quantitative estimate of drug-likeness (QED) is 0.789. The molecule has 0 aliphatic rings. The number of nitrogens with zero attached hydrogens (tertiary/aromatic N) is 3. The molecule has 0 aliphatic heterocycles. The van der Waals surface area contributed by atoms with Crippen LogP contribution < -0.4 is 10.5 Å². The summed E-state index contributed by atoms with van der Waals surface area (Å²) in [5.41, 5.74) is 0.380. The first kappa shape index (κ1) is 13.2. The minimum Gasteiger partial charge on any atom is -0.438 e. The van der Waals surface area contributed by atoms with Gasteiger partial charge in [0.05, 0.1) is 5.69 Å². The van der Waals surface area contributed by atoms with Gasteiger partial charge < -0.3 is 9.73 Å². The van der Waals surface area contributed by atoms with Crippen molar-refractivity contribution in [3.8, 4) is 0 Å². The normalized spacial score (nSPS) is 11.5. The fourth-order valence-electron chi connectivity index (χ4n) is 1.45. The summed E-state index contributed by atoms with van der Waals surface area (Å²) in [6.45, 7) is 1.58. The number of carbonyl (C=O) groups excluding carboxylic acids is 1. The van der Waals surface area contributed by atoms with Gasteiger partial charge in [-0.3, -0.25) is 9.48 Å². The minimum absolute atomic E-state index is 0.0222. The maximum atomic E-state index is 11.9. The lowest BCUT2D eigenvalue weighted by atomic mass is 10.3. The van der Waals surface area contributed by atoms with Crippen LogP contribution in [0.5, 0.6) is 0 Å². The zero-order chi connectivity index (χ0) is 14.2. The Morgan fingerprint density at radius 1 is 1.53 bits per heavy atom. The van der Waals surface area contributed by atoms with Crippen molar-refractivity contribution in [2.24, 2.45) is 12.2 Å². The van der Waals surface area contributed by atoms with E-state index in [2.05, 4.69) is 15.4 Å². The summed E-state index contributed by atoms with van der Waals surface area (Å²) in [6.07, 6.45) is 2.31. The Balaban J connectivity index is 2.35. The Hall–Kier alpha value is -2.20. The number of nitrogens with one attached hydrogen (secondary N) is 1. The highest BCUT2D eigenvalue weighted by molar-refractivity contribution is 7.89. The van der Waals surface area contributed by atoms with Crippen molar-refractivity contribution in [2.45, 2.75) is 11.8 Å². The molecule has 0 radical (unpaired) electrons. The number of sulfonamides is 1. The summed E-state index contributed by atoms with van der Waals surface area (Å²) < 4.78 is 28.8. The van der Waals surface area contributed by atoms with Gasteiger partial charge in [-0.05, 0) is 6.92 Å². The van der Waals surface area contributed by atoms with Gasteiger partial charge in [0.15, 0.2) is 12.2 Å². The van der Waals surface area contributed by atoms with Crippen molar-refractivity contribution in [2.75, 3.05) is 5.32 Å². The van der Waals surface area contributed by atoms with Crippen molar-refractivity contribution < 1.29 is 17.6 Å². The first-order chi connectivity index (χ1) is 8.79. The van der Waals surface area contributed by atoms with Crippen molar-refractivity contribution >= 4 is 21.7 Å². The molecule has 102 valence electrons. The number of anilines is 1. The van der Waals surface area contributed by atoms with Crippen molar-refractivity contribution in [3.63, 3.8) is 0 Å². The largest absolute Gasteiger partial charge is 0.438 e. The van der Waals surface area contributed by atoms with Gasteiger partial charge in [0.25, 0.3) is 5.91 Å². The van der Waals surface area contributed by atoms with Gasteiger partial charge in [-0.15, -0.1) is 0 Å². The number of hydrogen-bond donors (Lipinski definition) is 2. The lowest BCUT2D eigenvalue weighted by Gasteiger charge is -2.01. The molecule has 0 unspecified atom stereocenters. The molecule has 3 N–H and O–H groups in total. The van der Waals surface area contributed by atoms with Gasteiger partial charge in [-0.2, -0.15) is 5.10 Å². The molecule has 0 fully saturated rings. The second kappa shape index (κ2) is 4.48. The predicted octanol–water partition coefficient (Wildman–Crippen LogP) is -0.384. The topological polar surface area (TPSA) is 133 Å². The SMILES string of the molecule is Cc1ncoc1C(=O)Nc1nn(C)cc1S(N)(=O)=O. The van der Waals surface area contributed by atoms with Gasteiger partial charge in [0.1, 0.15) is 4.90 Å². The second-order valence-corrected chi connectivity index (χ2v) is 5.31. The van der Waals surface area contributed by atoms with E-state index in [9.17, 15) is 13.2 Å². The van der Waals surface area contributed by atoms with Gasteiger partial charge in [-0.1, -0.05) is 0 Å². The Kier molecular flexibility index (Phi) is 3.12. The van der Waals surface area contributed by atoms with E-state index in [0.29, 0.717) is 5.69 Å². The lowest BCUT2D eigenvalue weighted by molar-refractivity contribution is 0.0995. The molecule has 0 atom stereocenters. The summed E-state index contributed by atoms with van der Waals surface area (Å²) in [5, 5.41) is 11.2. The number of carbonyl (C=O) groups is 1. The van der Waals surface area contributed by atoms with Crippen LogP contribution in [-0.2, 0) is 17.1 Å². The number of primary sulfonamides is 1. The number of hydrogen-bond acceptors (Lipinski definition) is 6. The van der Waals surface area contributed by atoms with Crippen molar-refractivity contribution in [1.29, 1.82) is 0 Å². The molecule has 0 aromatic carbocycles. The smallest absolute Gasteiger partial charge is 0.294 e. The zero-order valence-electron chi connectivity index (χ0n) is 10.1. The maximum Gasteiger partial charge on any atom is 0.294 e. The highest BCUT2D eigenvalue weighted by Crippen LogP contribution is 2.18. The molecule has 0 saturated carbocycles. The maximum absolute atomic E-state index is 11.9. The fourth-order valence-corrected chi connectivity index (χ4v) is 2.11. The van der Waals surface area contributed by atoms with Crippen molar-refractivity contribution in [1.82, 2.24) is 14.8 Å². The van der Waals surface area contributed by atoms with Crippen LogP contribution in [0.3, 0.4) is 0 Å². The molecular weight excluding hydrogens is 274 g/mol. The summed E-state index contributed by atoms with van der Waals surface area (Å²) in [4.78, 5) is 15.3. The zero-order valence-corrected chi connectivity index (χ0v) is 10.9. The van der Waals surface area contributed by atoms with Gasteiger partial charge in [-0.25, -0.2) is 18.5 Å². The van der Waals surface area contributed by atoms with Crippen LogP contribution in [0.4, 0.5) is 5.82 Å². The molecule has 19 heavy (non-hydrogen) atoms. The number of rotatable bonds is 3. The first-order valence-electron chi connectivity index (χ1n) is 5.07. The van der Waals surface area contributed by atoms with Crippen molar-refractivity contribution in [3.05, 3.63) is 24.0 Å². The average Bonchev–Trinajstić information content (AvgIpc) is 2.84. The molecule has 0 saturated heterocycles. The first-order valence-corrected chi connectivity index (χ1v) is 6.61. The molecule has 2 aromatic heterocycles. The van der Waals surface area contributed by atoms with Crippen LogP contribution in [0.1, 0.15) is 16.2 Å². The van der Waals surface area contributed by atoms with E-state index in [4.69, 9.17) is 9.56 Å². The molecule has 9 nitrogen and oxygen atoms in total. The van der Waals surface area contributed by atoms with E-state index < -0.39 is 15.9 Å². The number of amides is 1. The minimum atomic E-state index is -3.98. The number of nitrogens with two attached hydrogens (primary N) is 1. The molecule has 2 rings (SSSR count). The number of oxazole rings is 1. The van der Waals surface area contributed by atoms with E-state index in [-0.39, 0.29) is 16.5 Å². The Morgan fingerprint density at radius 2 is 2.21 bits per heavy atom. The average molecular weight is 285 g/mol. The lowest BCUT2D eigenvalue weighted by Crippen LogP contribution is -2.18. The van der Waals surface area contributed by atoms with Crippen LogP contribution in [0.25, 0.3) is 0 Å². The fraction of sp³-hybridized carbons (Fsp3) is 0.222. The van der Waals surface area contributed by atoms with E-state index in [1.807, 2.05) is 0 Å². The highest BCUT2D eigenvalue weighted by Gasteiger charge is 2.22. The monoisotopic (exact) mass is 285 g/mol. The molecule has 1 amide bonds. The van der Waals surface area contributed by atoms with Gasteiger partial charge >= 0.3 is 0 Å². The summed E-state index contributed by atoms with van der Waals surface area (Å²) >= 11 is 0. The van der Waals surface area contributed by atoms with Gasteiger partial charge in [0, 0.05) is 13.2 Å². The van der Waals surface area contributed by atoms with E-state index in [1.54, 1.807) is 6.92 Å². The van der Waals surface area contributed by atoms with Crippen LogP contribution in [0.15, 0.2) is 21.9 Å². The molecule has 0 spiro atoms.